The number of thiophene rings is 1. The zero-order chi connectivity index (χ0) is 15.6. The van der Waals surface area contributed by atoms with Gasteiger partial charge in [0, 0.05) is 10.1 Å². The number of aliphatic carboxylic acids is 1. The monoisotopic (exact) mass is 347 g/mol. The molecule has 2 rings (SSSR count). The maximum atomic E-state index is 12.4. The number of nitrogens with one attached hydrogen (secondary N) is 1. The Morgan fingerprint density at radius 1 is 1.43 bits per heavy atom. The van der Waals surface area contributed by atoms with Crippen LogP contribution < -0.4 is 4.72 Å². The third kappa shape index (κ3) is 3.37. The summed E-state index contributed by atoms with van der Waals surface area (Å²) in [5.41, 5.74) is 0. The first-order valence-electron chi connectivity index (χ1n) is 6.29. The molecule has 0 aliphatic carbocycles. The summed E-state index contributed by atoms with van der Waals surface area (Å²) in [6, 6.07) is 5.90. The van der Waals surface area contributed by atoms with E-state index in [0.29, 0.717) is 11.8 Å². The molecule has 0 radical (unpaired) electrons. The molecule has 5 nitrogen and oxygen atoms in total. The van der Waals surface area contributed by atoms with Gasteiger partial charge in [-0.15, -0.1) is 11.3 Å². The fraction of sp³-hybridized carbons (Fsp3) is 0.308. The molecule has 21 heavy (non-hydrogen) atoms. The molecule has 114 valence electrons. The topological polar surface area (TPSA) is 83.5 Å². The summed E-state index contributed by atoms with van der Waals surface area (Å²) in [5.74, 6) is -1.20. The molecule has 8 heteroatoms. The highest BCUT2D eigenvalue weighted by Crippen LogP contribution is 2.38. The molecule has 0 amide bonds. The highest BCUT2D eigenvalue weighted by Gasteiger charge is 2.28. The van der Waals surface area contributed by atoms with Gasteiger partial charge in [-0.05, 0) is 12.5 Å². The van der Waals surface area contributed by atoms with Crippen molar-refractivity contribution in [1.82, 2.24) is 4.72 Å². The summed E-state index contributed by atoms with van der Waals surface area (Å²) in [6.45, 7) is 1.79. The van der Waals surface area contributed by atoms with Crippen LogP contribution in [0.1, 0.15) is 19.8 Å². The Morgan fingerprint density at radius 3 is 2.67 bits per heavy atom. The van der Waals surface area contributed by atoms with E-state index >= 15 is 0 Å². The Morgan fingerprint density at radius 2 is 2.10 bits per heavy atom. The molecular weight excluding hydrogens is 334 g/mol. The lowest BCUT2D eigenvalue weighted by Crippen LogP contribution is -2.40. The second kappa shape index (κ2) is 6.31. The summed E-state index contributed by atoms with van der Waals surface area (Å²) < 4.78 is 27.6. The molecule has 1 aromatic heterocycles. The molecule has 1 aromatic carbocycles. The van der Waals surface area contributed by atoms with Gasteiger partial charge in [-0.25, -0.2) is 8.42 Å². The Labute approximate surface area is 131 Å². The lowest BCUT2D eigenvalue weighted by molar-refractivity contribution is -0.139. The van der Waals surface area contributed by atoms with E-state index in [2.05, 4.69) is 4.72 Å². The second-order valence-corrected chi connectivity index (χ2v) is 7.84. The molecule has 0 fully saturated rings. The van der Waals surface area contributed by atoms with Gasteiger partial charge < -0.3 is 5.11 Å². The number of carboxylic acids is 1. The molecule has 0 aliphatic heterocycles. The van der Waals surface area contributed by atoms with E-state index in [4.69, 9.17) is 16.7 Å². The van der Waals surface area contributed by atoms with Crippen LogP contribution in [-0.4, -0.2) is 25.5 Å². The second-order valence-electron chi connectivity index (χ2n) is 4.50. The van der Waals surface area contributed by atoms with Crippen LogP contribution in [0.5, 0.6) is 0 Å². The zero-order valence-corrected chi connectivity index (χ0v) is 13.6. The van der Waals surface area contributed by atoms with Gasteiger partial charge in [0.2, 0.25) is 0 Å². The number of sulfonamides is 1. The minimum absolute atomic E-state index is 0.0484. The molecule has 0 saturated carbocycles. The normalized spacial score (nSPS) is 13.4. The fourth-order valence-electron chi connectivity index (χ4n) is 1.93. The van der Waals surface area contributed by atoms with Crippen molar-refractivity contribution >= 4 is 49.0 Å². The minimum Gasteiger partial charge on any atom is -0.480 e. The molecule has 0 spiro atoms. The quantitative estimate of drug-likeness (QED) is 0.841. The van der Waals surface area contributed by atoms with Gasteiger partial charge >= 0.3 is 5.97 Å². The van der Waals surface area contributed by atoms with Crippen LogP contribution >= 0.6 is 22.9 Å². The van der Waals surface area contributed by atoms with E-state index in [1.807, 2.05) is 0 Å². The Kier molecular flexibility index (Phi) is 4.88. The van der Waals surface area contributed by atoms with Crippen LogP contribution in [0.4, 0.5) is 0 Å². The van der Waals surface area contributed by atoms with E-state index in [1.54, 1.807) is 31.2 Å². The summed E-state index contributed by atoms with van der Waals surface area (Å²) >= 11 is 7.15. The number of rotatable bonds is 6. The highest BCUT2D eigenvalue weighted by atomic mass is 35.5. The van der Waals surface area contributed by atoms with Crippen molar-refractivity contribution < 1.29 is 18.3 Å². The van der Waals surface area contributed by atoms with Crippen LogP contribution in [0.2, 0.25) is 5.02 Å². The van der Waals surface area contributed by atoms with Crippen molar-refractivity contribution in [2.24, 2.45) is 0 Å². The number of benzene rings is 1. The van der Waals surface area contributed by atoms with Gasteiger partial charge in [-0.2, -0.15) is 4.72 Å². The largest absolute Gasteiger partial charge is 0.480 e. The smallest absolute Gasteiger partial charge is 0.321 e. The number of fused-ring (bicyclic) bond motifs is 1. The van der Waals surface area contributed by atoms with Crippen molar-refractivity contribution in [1.29, 1.82) is 0 Å². The fourth-order valence-corrected chi connectivity index (χ4v) is 5.29. The summed E-state index contributed by atoms with van der Waals surface area (Å²) in [5, 5.41) is 9.84. The maximum Gasteiger partial charge on any atom is 0.321 e. The van der Waals surface area contributed by atoms with Gasteiger partial charge in [0.1, 0.15) is 6.04 Å². The molecule has 1 unspecified atom stereocenters. The van der Waals surface area contributed by atoms with Crippen LogP contribution in [0.25, 0.3) is 10.1 Å². The first-order chi connectivity index (χ1) is 9.86. The Bertz CT molecular complexity index is 770. The van der Waals surface area contributed by atoms with E-state index < -0.39 is 22.0 Å². The van der Waals surface area contributed by atoms with Gasteiger partial charge in [-0.1, -0.05) is 43.1 Å². The van der Waals surface area contributed by atoms with Crippen molar-refractivity contribution in [3.63, 3.8) is 0 Å². The number of halogens is 1. The molecule has 0 saturated heterocycles. The number of carbonyl (C=O) groups is 1. The molecule has 0 aliphatic rings. The predicted molar refractivity (Wildman–Crippen MR) is 83.5 cm³/mol. The first-order valence-corrected chi connectivity index (χ1v) is 8.96. The average Bonchev–Trinajstić information content (AvgIpc) is 2.77. The predicted octanol–water partition coefficient (Wildman–Crippen LogP) is 3.09. The number of carboxylic acid groups (broad SMARTS) is 1. The van der Waals surface area contributed by atoms with Gasteiger partial charge in [0.15, 0.2) is 4.21 Å². The van der Waals surface area contributed by atoms with Gasteiger partial charge in [-0.3, -0.25) is 4.79 Å². The van der Waals surface area contributed by atoms with Crippen molar-refractivity contribution in [3.05, 3.63) is 29.3 Å². The van der Waals surface area contributed by atoms with Crippen LogP contribution in [0, 0.1) is 0 Å². The summed E-state index contributed by atoms with van der Waals surface area (Å²) in [6.07, 6.45) is 0.775. The molecule has 1 atom stereocenters. The summed E-state index contributed by atoms with van der Waals surface area (Å²) in [7, 11) is -3.96. The molecular formula is C13H14ClNO4S2. The van der Waals surface area contributed by atoms with Gasteiger partial charge in [0.25, 0.3) is 10.0 Å². The SMILES string of the molecule is CCCC(NS(=O)(=O)c1sc2ccccc2c1Cl)C(=O)O. The van der Waals surface area contributed by atoms with Crippen LogP contribution in [0.3, 0.4) is 0 Å². The highest BCUT2D eigenvalue weighted by molar-refractivity contribution is 7.92. The van der Waals surface area contributed by atoms with Gasteiger partial charge in [0.05, 0.1) is 5.02 Å². The molecule has 1 heterocycles. The van der Waals surface area contributed by atoms with E-state index in [0.717, 1.165) is 16.0 Å². The van der Waals surface area contributed by atoms with Crippen molar-refractivity contribution in [3.8, 4) is 0 Å². The van der Waals surface area contributed by atoms with E-state index in [-0.39, 0.29) is 15.7 Å². The Balaban J connectivity index is 2.42. The Hall–Kier alpha value is -1.15. The third-order valence-electron chi connectivity index (χ3n) is 2.92. The third-order valence-corrected chi connectivity index (χ3v) is 6.70. The standard InChI is InChI=1S/C13H14ClNO4S2/c1-2-5-9(12(16)17)15-21(18,19)13-11(14)8-6-3-4-7-10(8)20-13/h3-4,6-7,9,15H,2,5H2,1H3,(H,16,17). The maximum absolute atomic E-state index is 12.4. The minimum atomic E-state index is -3.96. The molecule has 2 N–H and O–H groups in total. The van der Waals surface area contributed by atoms with E-state index in [9.17, 15) is 13.2 Å². The molecule has 2 aromatic rings. The van der Waals surface area contributed by atoms with Crippen molar-refractivity contribution in [2.75, 3.05) is 0 Å². The average molecular weight is 348 g/mol. The zero-order valence-electron chi connectivity index (χ0n) is 11.2. The number of hydrogen-bond donors (Lipinski definition) is 2. The lowest BCUT2D eigenvalue weighted by Gasteiger charge is -2.13. The summed E-state index contributed by atoms with van der Waals surface area (Å²) in [4.78, 5) is 11.1. The van der Waals surface area contributed by atoms with E-state index in [1.165, 1.54) is 0 Å². The van der Waals surface area contributed by atoms with Crippen LogP contribution in [-0.2, 0) is 14.8 Å². The first kappa shape index (κ1) is 16.2. The van der Waals surface area contributed by atoms with Crippen molar-refractivity contribution in [2.45, 2.75) is 30.0 Å². The van der Waals surface area contributed by atoms with Crippen LogP contribution in [0.15, 0.2) is 28.5 Å². The number of hydrogen-bond acceptors (Lipinski definition) is 4. The lowest BCUT2D eigenvalue weighted by atomic mass is 10.2. The molecule has 0 bridgehead atoms.